The van der Waals surface area contributed by atoms with E-state index in [1.165, 1.54) is 28.2 Å². The molecule has 1 aromatic rings. The highest BCUT2D eigenvalue weighted by atomic mass is 79.9. The Hall–Kier alpha value is 0.840. The molecule has 3 rings (SSSR count). The number of fused-ring (bicyclic) bond motifs is 5. The predicted octanol–water partition coefficient (Wildman–Crippen LogP) is 4.92. The molecule has 2 unspecified atom stereocenters. The van der Waals surface area contributed by atoms with Gasteiger partial charge in [0.25, 0.3) is 0 Å². The average molecular weight is 426 g/mol. The van der Waals surface area contributed by atoms with Gasteiger partial charge in [0.1, 0.15) is 0 Å². The normalized spacial score (nSPS) is 31.6. The lowest BCUT2D eigenvalue weighted by Crippen LogP contribution is -2.17. The summed E-state index contributed by atoms with van der Waals surface area (Å²) in [4.78, 5) is 0. The van der Waals surface area contributed by atoms with E-state index in [1.807, 2.05) is 0 Å². The van der Waals surface area contributed by atoms with Crippen molar-refractivity contribution in [2.45, 2.75) is 43.9 Å². The summed E-state index contributed by atoms with van der Waals surface area (Å²) in [6, 6.07) is 4.65. The van der Waals surface area contributed by atoms with Gasteiger partial charge in [-0.05, 0) is 85.2 Å². The summed E-state index contributed by atoms with van der Waals surface area (Å²) in [6.45, 7) is 4.84. The molecule has 2 aliphatic carbocycles. The highest BCUT2D eigenvalue weighted by Gasteiger charge is 2.52. The molecule has 0 heterocycles. The van der Waals surface area contributed by atoms with E-state index in [2.05, 4.69) is 80.2 Å². The summed E-state index contributed by atoms with van der Waals surface area (Å²) < 4.78 is 2.39. The molecular formula is C13H14Br2S3. The third kappa shape index (κ3) is 2.41. The van der Waals surface area contributed by atoms with Crippen molar-refractivity contribution in [3.05, 3.63) is 32.2 Å². The van der Waals surface area contributed by atoms with Gasteiger partial charge in [0.2, 0.25) is 0 Å². The van der Waals surface area contributed by atoms with Gasteiger partial charge in [0.15, 0.2) is 0 Å². The molecule has 1 fully saturated rings. The van der Waals surface area contributed by atoms with Gasteiger partial charge in [-0.3, -0.25) is 0 Å². The van der Waals surface area contributed by atoms with Crippen LogP contribution in [-0.4, -0.2) is 0 Å². The summed E-state index contributed by atoms with van der Waals surface area (Å²) in [5, 5.41) is 0. The molecule has 2 atom stereocenters. The molecule has 2 aliphatic rings. The molecule has 1 saturated carbocycles. The third-order valence-corrected chi connectivity index (χ3v) is 6.21. The largest absolute Gasteiger partial charge is 0.0555 e. The van der Waals surface area contributed by atoms with Crippen molar-refractivity contribution in [2.24, 2.45) is 0 Å². The molecule has 5 heteroatoms. The highest BCUT2D eigenvalue weighted by molar-refractivity contribution is 9.13. The van der Waals surface area contributed by atoms with Crippen LogP contribution in [0.5, 0.6) is 0 Å². The zero-order valence-corrected chi connectivity index (χ0v) is 15.9. The van der Waals surface area contributed by atoms with Crippen molar-refractivity contribution in [1.82, 2.24) is 0 Å². The van der Waals surface area contributed by atoms with Crippen LogP contribution in [0.25, 0.3) is 0 Å². The Bertz CT molecular complexity index is 496. The minimum Gasteiger partial charge on any atom is -0.0555 e. The summed E-state index contributed by atoms with van der Waals surface area (Å²) in [5.41, 5.74) is 4.03. The second-order valence-corrected chi connectivity index (χ2v) is 9.16. The van der Waals surface area contributed by atoms with Crippen molar-refractivity contribution >= 4 is 63.1 Å². The summed E-state index contributed by atoms with van der Waals surface area (Å²) in [6.07, 6.45) is 4.04. The van der Waals surface area contributed by atoms with Crippen LogP contribution in [0.15, 0.2) is 21.1 Å². The van der Waals surface area contributed by atoms with Gasteiger partial charge in [0, 0.05) is 40.2 Å². The second kappa shape index (κ2) is 5.32. The fourth-order valence-electron chi connectivity index (χ4n) is 3.60. The molecule has 98 valence electrons. The zero-order valence-electron chi connectivity index (χ0n) is 10.3. The molecule has 2 bridgehead atoms. The number of benzene rings is 1. The molecule has 1 aromatic carbocycles. The fraction of sp³-hybridized carbons (Fsp3) is 0.538. The van der Waals surface area contributed by atoms with Crippen molar-refractivity contribution < 1.29 is 0 Å². The lowest BCUT2D eigenvalue weighted by Gasteiger charge is -2.27. The molecule has 0 nitrogen and oxygen atoms in total. The molecule has 0 saturated heterocycles. The number of hydrogen-bond acceptors (Lipinski definition) is 2. The lowest BCUT2D eigenvalue weighted by molar-refractivity contribution is 0.484. The van der Waals surface area contributed by atoms with E-state index in [-0.39, 0.29) is 0 Å². The molecule has 0 N–H and O–H groups in total. The summed E-state index contributed by atoms with van der Waals surface area (Å²) >= 11 is 15.5. The molecule has 0 radical (unpaired) electrons. The standard InChI is InChI=1S/C13H14Br2.S3/c1-12-3-4-13(2,7-12)9-6-11(15)10(14)5-8(9)12;1-3-2/h5-6H,3-4,7H2,1-2H3;. The fourth-order valence-corrected chi connectivity index (χ4v) is 4.28. The molecule has 0 aromatic heterocycles. The first kappa shape index (κ1) is 15.2. The van der Waals surface area contributed by atoms with Gasteiger partial charge in [-0.25, -0.2) is 0 Å². The number of halogens is 2. The highest BCUT2D eigenvalue weighted by Crippen LogP contribution is 2.61. The maximum atomic E-state index is 4.12. The van der Waals surface area contributed by atoms with Crippen LogP contribution < -0.4 is 0 Å². The first-order valence-corrected chi connectivity index (χ1v) is 10.0. The summed E-state index contributed by atoms with van der Waals surface area (Å²) in [5.74, 6) is 0. The molecule has 0 amide bonds. The predicted molar refractivity (Wildman–Crippen MR) is 92.5 cm³/mol. The van der Waals surface area contributed by atoms with Crippen molar-refractivity contribution in [2.75, 3.05) is 0 Å². The van der Waals surface area contributed by atoms with Crippen LogP contribution in [0, 0.1) is 0 Å². The Kier molecular flexibility index (Phi) is 4.50. The molecular weight excluding hydrogens is 412 g/mol. The minimum atomic E-state index is 0.438. The maximum Gasteiger partial charge on any atom is 0.0320 e. The topological polar surface area (TPSA) is 0 Å². The van der Waals surface area contributed by atoms with Gasteiger partial charge in [-0.15, -0.1) is 0 Å². The maximum absolute atomic E-state index is 4.12. The van der Waals surface area contributed by atoms with Crippen LogP contribution in [0.4, 0.5) is 0 Å². The van der Waals surface area contributed by atoms with Gasteiger partial charge >= 0.3 is 0 Å². The first-order chi connectivity index (χ1) is 8.36. The smallest absolute Gasteiger partial charge is 0.0320 e. The first-order valence-electron chi connectivity index (χ1n) is 5.78. The molecule has 0 spiro atoms. The minimum absolute atomic E-state index is 0.438. The van der Waals surface area contributed by atoms with Crippen LogP contribution in [0.1, 0.15) is 44.2 Å². The van der Waals surface area contributed by atoms with Gasteiger partial charge in [0.05, 0.1) is 0 Å². The van der Waals surface area contributed by atoms with Crippen LogP contribution in [0.2, 0.25) is 0 Å². The van der Waals surface area contributed by atoms with Crippen molar-refractivity contribution in [3.8, 4) is 0 Å². The monoisotopic (exact) mass is 424 g/mol. The van der Waals surface area contributed by atoms with Crippen LogP contribution in [-0.2, 0) is 42.1 Å². The Morgan fingerprint density at radius 2 is 1.33 bits per heavy atom. The van der Waals surface area contributed by atoms with E-state index in [4.69, 9.17) is 0 Å². The van der Waals surface area contributed by atoms with Crippen molar-refractivity contribution in [3.63, 3.8) is 0 Å². The number of hydrogen-bond donors (Lipinski definition) is 0. The van der Waals surface area contributed by atoms with Gasteiger partial charge in [-0.2, -0.15) is 0 Å². The van der Waals surface area contributed by atoms with E-state index in [0.717, 1.165) is 8.88 Å². The van der Waals surface area contributed by atoms with E-state index in [9.17, 15) is 0 Å². The van der Waals surface area contributed by atoms with E-state index < -0.39 is 0 Å². The molecule has 0 aliphatic heterocycles. The van der Waals surface area contributed by atoms with E-state index >= 15 is 0 Å². The lowest BCUT2D eigenvalue weighted by atomic mass is 9.78. The summed E-state index contributed by atoms with van der Waals surface area (Å²) in [7, 11) is 0.917. The average Bonchev–Trinajstić information content (AvgIpc) is 2.70. The quantitative estimate of drug-likeness (QED) is 0.578. The SMILES string of the molecule is CC12CCC(C)(C1)c1cc(Br)c(Br)cc12.S=S=S. The van der Waals surface area contributed by atoms with Crippen LogP contribution >= 0.6 is 31.9 Å². The zero-order chi connectivity index (χ0) is 13.6. The molecule has 18 heavy (non-hydrogen) atoms. The second-order valence-electron chi connectivity index (χ2n) is 5.68. The van der Waals surface area contributed by atoms with Crippen molar-refractivity contribution in [1.29, 1.82) is 0 Å². The van der Waals surface area contributed by atoms with E-state index in [0.29, 0.717) is 10.8 Å². The van der Waals surface area contributed by atoms with Crippen LogP contribution in [0.3, 0.4) is 0 Å². The number of rotatable bonds is 0. The Morgan fingerprint density at radius 1 is 1.00 bits per heavy atom. The van der Waals surface area contributed by atoms with Gasteiger partial charge < -0.3 is 0 Å². The Labute approximate surface area is 138 Å². The van der Waals surface area contributed by atoms with Gasteiger partial charge in [-0.1, -0.05) is 13.8 Å². The van der Waals surface area contributed by atoms with E-state index in [1.54, 1.807) is 11.1 Å². The third-order valence-electron chi connectivity index (χ3n) is 4.37. The Balaban J connectivity index is 0.000000367. The Morgan fingerprint density at radius 3 is 1.67 bits per heavy atom.